The van der Waals surface area contributed by atoms with Crippen LogP contribution in [0.25, 0.3) is 11.3 Å². The van der Waals surface area contributed by atoms with Crippen LogP contribution in [0.3, 0.4) is 0 Å². The Morgan fingerprint density at radius 1 is 0.853 bits per heavy atom. The summed E-state index contributed by atoms with van der Waals surface area (Å²) in [5.74, 6) is 0.642. The highest BCUT2D eigenvalue weighted by Gasteiger charge is 2.23. The summed E-state index contributed by atoms with van der Waals surface area (Å²) in [5.41, 5.74) is 3.83. The number of hydrogen-bond acceptors (Lipinski definition) is 6. The molecule has 1 aliphatic rings. The smallest absolute Gasteiger partial charge is 0.227 e. The molecule has 1 aliphatic heterocycles. The van der Waals surface area contributed by atoms with Crippen molar-refractivity contribution in [3.05, 3.63) is 95.2 Å². The lowest BCUT2D eigenvalue weighted by Gasteiger charge is -2.13. The summed E-state index contributed by atoms with van der Waals surface area (Å²) in [4.78, 5) is 13.7. The van der Waals surface area contributed by atoms with Crippen molar-refractivity contribution >= 4 is 17.3 Å². The van der Waals surface area contributed by atoms with Gasteiger partial charge in [0, 0.05) is 40.2 Å². The molecule has 0 unspecified atom stereocenters. The van der Waals surface area contributed by atoms with Gasteiger partial charge in [0.15, 0.2) is 11.5 Å². The minimum atomic E-state index is -0.424. The van der Waals surface area contributed by atoms with E-state index in [0.29, 0.717) is 56.8 Å². The molecule has 0 spiro atoms. The Bertz CT molecular complexity index is 1420. The summed E-state index contributed by atoms with van der Waals surface area (Å²) < 4.78 is 39.6. The lowest BCUT2D eigenvalue weighted by molar-refractivity contribution is 0.355. The van der Waals surface area contributed by atoms with Crippen LogP contribution in [-0.2, 0) is 6.54 Å². The normalized spacial score (nSPS) is 12.2. The number of aromatic nitrogens is 2. The number of aliphatic imine (C=N–C) groups is 1. The van der Waals surface area contributed by atoms with Crippen LogP contribution >= 0.6 is 0 Å². The third-order valence-electron chi connectivity index (χ3n) is 5.53. The Balaban J connectivity index is 1.58. The summed E-state index contributed by atoms with van der Waals surface area (Å²) in [7, 11) is 3.12. The largest absolute Gasteiger partial charge is 0.493 e. The number of nitrogens with zero attached hydrogens (tertiary/aromatic N) is 3. The number of anilines is 2. The molecule has 0 radical (unpaired) electrons. The van der Waals surface area contributed by atoms with Crippen molar-refractivity contribution in [2.75, 3.05) is 19.5 Å². The molecule has 0 atom stereocenters. The fourth-order valence-corrected chi connectivity index (χ4v) is 3.91. The average molecular weight is 458 g/mol. The summed E-state index contributed by atoms with van der Waals surface area (Å²) in [5, 5.41) is 3.15. The van der Waals surface area contributed by atoms with Crippen LogP contribution in [0.4, 0.5) is 20.4 Å². The second-order valence-corrected chi connectivity index (χ2v) is 7.60. The SMILES string of the molecule is COc1ccc(Nc2ncc3c(n2)-c2cc(F)ccc2C(c2ccccc2F)=NC3)cc1OC. The molecular weight excluding hydrogens is 438 g/mol. The number of ether oxygens (including phenoxy) is 2. The highest BCUT2D eigenvalue weighted by Crippen LogP contribution is 2.34. The summed E-state index contributed by atoms with van der Waals surface area (Å²) in [6, 6.07) is 16.1. The van der Waals surface area contributed by atoms with E-state index in [2.05, 4.69) is 20.3 Å². The highest BCUT2D eigenvalue weighted by molar-refractivity contribution is 6.16. The fourth-order valence-electron chi connectivity index (χ4n) is 3.91. The van der Waals surface area contributed by atoms with Crippen LogP contribution in [0.5, 0.6) is 11.5 Å². The van der Waals surface area contributed by atoms with E-state index in [1.54, 1.807) is 56.8 Å². The van der Waals surface area contributed by atoms with Gasteiger partial charge in [-0.25, -0.2) is 18.7 Å². The molecular formula is C26H20F2N4O2. The predicted molar refractivity (Wildman–Crippen MR) is 126 cm³/mol. The number of nitrogens with one attached hydrogen (secondary N) is 1. The molecule has 0 saturated heterocycles. The van der Waals surface area contributed by atoms with Gasteiger partial charge in [-0.05, 0) is 42.5 Å². The number of rotatable bonds is 5. The van der Waals surface area contributed by atoms with E-state index in [-0.39, 0.29) is 6.54 Å². The van der Waals surface area contributed by atoms with Crippen LogP contribution in [0.1, 0.15) is 16.7 Å². The minimum Gasteiger partial charge on any atom is -0.493 e. The maximum atomic E-state index is 14.6. The molecule has 0 bridgehead atoms. The van der Waals surface area contributed by atoms with E-state index in [1.165, 1.54) is 18.2 Å². The Kier molecular flexibility index (Phi) is 5.63. The first-order valence-electron chi connectivity index (χ1n) is 10.5. The topological polar surface area (TPSA) is 68.6 Å². The molecule has 0 amide bonds. The van der Waals surface area contributed by atoms with E-state index in [1.807, 2.05) is 6.07 Å². The van der Waals surface area contributed by atoms with Crippen LogP contribution in [0, 0.1) is 11.6 Å². The van der Waals surface area contributed by atoms with Gasteiger partial charge < -0.3 is 14.8 Å². The molecule has 1 aromatic heterocycles. The Hall–Kier alpha value is -4.33. The summed E-state index contributed by atoms with van der Waals surface area (Å²) in [6.07, 6.45) is 1.65. The van der Waals surface area contributed by atoms with Gasteiger partial charge in [0.1, 0.15) is 11.6 Å². The van der Waals surface area contributed by atoms with Crippen molar-refractivity contribution in [1.29, 1.82) is 0 Å². The zero-order valence-corrected chi connectivity index (χ0v) is 18.5. The van der Waals surface area contributed by atoms with Gasteiger partial charge in [-0.15, -0.1) is 0 Å². The molecule has 0 saturated carbocycles. The lowest BCUT2D eigenvalue weighted by atomic mass is 9.95. The van der Waals surface area contributed by atoms with Gasteiger partial charge in [-0.3, -0.25) is 4.99 Å². The zero-order chi connectivity index (χ0) is 23.7. The van der Waals surface area contributed by atoms with Crippen LogP contribution < -0.4 is 14.8 Å². The Morgan fingerprint density at radius 2 is 1.68 bits per heavy atom. The van der Waals surface area contributed by atoms with Crippen molar-refractivity contribution in [1.82, 2.24) is 9.97 Å². The van der Waals surface area contributed by atoms with Crippen molar-refractivity contribution < 1.29 is 18.3 Å². The number of methoxy groups -OCH3 is 2. The minimum absolute atomic E-state index is 0.228. The molecule has 8 heteroatoms. The summed E-state index contributed by atoms with van der Waals surface area (Å²) >= 11 is 0. The highest BCUT2D eigenvalue weighted by atomic mass is 19.1. The Labute approximate surface area is 194 Å². The molecule has 6 nitrogen and oxygen atoms in total. The van der Waals surface area contributed by atoms with Crippen molar-refractivity contribution in [3.63, 3.8) is 0 Å². The van der Waals surface area contributed by atoms with E-state index in [0.717, 1.165) is 0 Å². The molecule has 4 aromatic rings. The van der Waals surface area contributed by atoms with Gasteiger partial charge in [0.25, 0.3) is 0 Å². The van der Waals surface area contributed by atoms with E-state index >= 15 is 0 Å². The second-order valence-electron chi connectivity index (χ2n) is 7.60. The number of benzene rings is 3. The van der Waals surface area contributed by atoms with Gasteiger partial charge in [-0.1, -0.05) is 12.1 Å². The van der Waals surface area contributed by atoms with Crippen molar-refractivity contribution in [3.8, 4) is 22.8 Å². The first-order valence-corrected chi connectivity index (χ1v) is 10.5. The quantitative estimate of drug-likeness (QED) is 0.426. The average Bonchev–Trinajstić information content (AvgIpc) is 3.01. The van der Waals surface area contributed by atoms with E-state index in [9.17, 15) is 8.78 Å². The number of hydrogen-bond donors (Lipinski definition) is 1. The molecule has 2 heterocycles. The molecule has 1 N–H and O–H groups in total. The fraction of sp³-hybridized carbons (Fsp3) is 0.115. The van der Waals surface area contributed by atoms with Gasteiger partial charge in [0.2, 0.25) is 5.95 Å². The first-order chi connectivity index (χ1) is 16.6. The molecule has 3 aromatic carbocycles. The molecule has 0 fully saturated rings. The van der Waals surface area contributed by atoms with E-state index in [4.69, 9.17) is 9.47 Å². The van der Waals surface area contributed by atoms with Crippen molar-refractivity contribution in [2.45, 2.75) is 6.54 Å². The van der Waals surface area contributed by atoms with Crippen molar-refractivity contribution in [2.24, 2.45) is 4.99 Å². The maximum Gasteiger partial charge on any atom is 0.227 e. The van der Waals surface area contributed by atoms with Gasteiger partial charge >= 0.3 is 0 Å². The summed E-state index contributed by atoms with van der Waals surface area (Å²) in [6.45, 7) is 0.228. The Morgan fingerprint density at radius 3 is 2.47 bits per heavy atom. The molecule has 0 aliphatic carbocycles. The monoisotopic (exact) mass is 458 g/mol. The third kappa shape index (κ3) is 3.94. The maximum absolute atomic E-state index is 14.6. The van der Waals surface area contributed by atoms with Crippen LogP contribution in [-0.4, -0.2) is 29.9 Å². The van der Waals surface area contributed by atoms with Crippen LogP contribution in [0.15, 0.2) is 71.9 Å². The standard InChI is InChI=1S/C26H20F2N4O2/c1-33-22-10-8-17(12-23(22)34-2)31-26-30-14-15-13-29-25(19-5-3-4-6-21(19)28)18-9-7-16(27)11-20(18)24(15)32-26/h3-12,14H,13H2,1-2H3,(H,30,31,32). The lowest BCUT2D eigenvalue weighted by Crippen LogP contribution is -2.07. The molecule has 5 rings (SSSR count). The predicted octanol–water partition coefficient (Wildman–Crippen LogP) is 5.53. The van der Waals surface area contributed by atoms with Gasteiger partial charge in [-0.2, -0.15) is 0 Å². The zero-order valence-electron chi connectivity index (χ0n) is 18.5. The van der Waals surface area contributed by atoms with Gasteiger partial charge in [0.05, 0.1) is 32.2 Å². The van der Waals surface area contributed by atoms with E-state index < -0.39 is 11.6 Å². The third-order valence-corrected chi connectivity index (χ3v) is 5.53. The van der Waals surface area contributed by atoms with Crippen LogP contribution in [0.2, 0.25) is 0 Å². The number of halogens is 2. The first kappa shape index (κ1) is 21.5. The second kappa shape index (κ2) is 8.90. The molecule has 34 heavy (non-hydrogen) atoms. The molecule has 170 valence electrons. The number of fused-ring (bicyclic) bond motifs is 3.